The fourth-order valence-electron chi connectivity index (χ4n) is 3.47. The number of piperidine rings is 1. The lowest BCUT2D eigenvalue weighted by Crippen LogP contribution is -2.48. The minimum atomic E-state index is 0.0422. The van der Waals surface area contributed by atoms with Crippen molar-refractivity contribution in [1.82, 2.24) is 15.1 Å². The van der Waals surface area contributed by atoms with Crippen molar-refractivity contribution in [3.8, 4) is 0 Å². The van der Waals surface area contributed by atoms with Crippen molar-refractivity contribution in [2.45, 2.75) is 45.6 Å². The van der Waals surface area contributed by atoms with Gasteiger partial charge in [-0.15, -0.1) is 0 Å². The molecule has 0 radical (unpaired) electrons. The molecule has 2 amide bonds. The van der Waals surface area contributed by atoms with Gasteiger partial charge >= 0.3 is 6.03 Å². The van der Waals surface area contributed by atoms with Crippen molar-refractivity contribution in [2.75, 3.05) is 33.2 Å². The molecule has 0 saturated carbocycles. The number of benzene rings is 1. The first-order chi connectivity index (χ1) is 11.5. The minimum absolute atomic E-state index is 0.0422. The van der Waals surface area contributed by atoms with Crippen LogP contribution >= 0.6 is 0 Å². The van der Waals surface area contributed by atoms with E-state index in [1.807, 2.05) is 13.1 Å². The summed E-state index contributed by atoms with van der Waals surface area (Å²) in [7, 11) is 1.88. The molecule has 2 rings (SSSR count). The topological polar surface area (TPSA) is 35.6 Å². The first kappa shape index (κ1) is 18.8. The molecule has 1 aromatic rings. The zero-order chi connectivity index (χ0) is 17.4. The van der Waals surface area contributed by atoms with E-state index >= 15 is 0 Å². The highest BCUT2D eigenvalue weighted by Gasteiger charge is 2.19. The maximum Gasteiger partial charge on any atom is 0.317 e. The number of rotatable bonds is 7. The van der Waals surface area contributed by atoms with Crippen molar-refractivity contribution in [3.05, 3.63) is 35.9 Å². The van der Waals surface area contributed by atoms with Crippen LogP contribution in [0.2, 0.25) is 0 Å². The molecule has 0 spiro atoms. The summed E-state index contributed by atoms with van der Waals surface area (Å²) in [5, 5.41) is 3.14. The van der Waals surface area contributed by atoms with Gasteiger partial charge in [-0.2, -0.15) is 0 Å². The number of likely N-dealkylation sites (tertiary alicyclic amines) is 1. The fourth-order valence-corrected chi connectivity index (χ4v) is 3.47. The van der Waals surface area contributed by atoms with Gasteiger partial charge in [0.25, 0.3) is 0 Å². The number of carbonyl (C=O) groups is 1. The number of hydrogen-bond donors (Lipinski definition) is 1. The average Bonchev–Trinajstić information content (AvgIpc) is 2.55. The first-order valence-corrected chi connectivity index (χ1v) is 9.32. The molecule has 1 aliphatic rings. The van der Waals surface area contributed by atoms with E-state index in [4.69, 9.17) is 0 Å². The molecule has 1 aliphatic heterocycles. The highest BCUT2D eigenvalue weighted by molar-refractivity contribution is 5.74. The Labute approximate surface area is 147 Å². The van der Waals surface area contributed by atoms with Crippen LogP contribution in [0, 0.1) is 5.92 Å². The molecule has 1 saturated heterocycles. The molecule has 2 atom stereocenters. The normalized spacial score (nSPS) is 19.7. The Kier molecular flexibility index (Phi) is 7.57. The Morgan fingerprint density at radius 2 is 2.12 bits per heavy atom. The maximum absolute atomic E-state index is 12.3. The summed E-state index contributed by atoms with van der Waals surface area (Å²) in [6.45, 7) is 8.48. The standard InChI is InChI=1S/C20H33N3O/c1-17-9-7-14-23(15-17)16-18(2)21-20(24)22(3)13-8-12-19-10-5-4-6-11-19/h4-6,10-11,17-18H,7-9,12-16H2,1-3H3,(H,21,24)/t17-,18-/m1/s1. The molecule has 0 aliphatic carbocycles. The van der Waals surface area contributed by atoms with Crippen molar-refractivity contribution >= 4 is 6.03 Å². The van der Waals surface area contributed by atoms with Gasteiger partial charge in [-0.3, -0.25) is 0 Å². The Balaban J connectivity index is 1.65. The second-order valence-electron chi connectivity index (χ2n) is 7.37. The van der Waals surface area contributed by atoms with Crippen LogP contribution in [0.5, 0.6) is 0 Å². The number of nitrogens with one attached hydrogen (secondary N) is 1. The third-order valence-electron chi connectivity index (χ3n) is 4.79. The monoisotopic (exact) mass is 331 g/mol. The quantitative estimate of drug-likeness (QED) is 0.831. The summed E-state index contributed by atoms with van der Waals surface area (Å²) in [5.41, 5.74) is 1.33. The zero-order valence-electron chi connectivity index (χ0n) is 15.5. The summed E-state index contributed by atoms with van der Waals surface area (Å²) in [6.07, 6.45) is 4.62. The van der Waals surface area contributed by atoms with Crippen LogP contribution in [0.4, 0.5) is 4.79 Å². The van der Waals surface area contributed by atoms with Gasteiger partial charge in [0.1, 0.15) is 0 Å². The SMILES string of the molecule is C[C@@H]1CCCN(C[C@@H](C)NC(=O)N(C)CCCc2ccccc2)C1. The molecule has 1 heterocycles. The van der Waals surface area contributed by atoms with Crippen LogP contribution in [0.25, 0.3) is 0 Å². The van der Waals surface area contributed by atoms with Crippen LogP contribution in [-0.4, -0.2) is 55.1 Å². The van der Waals surface area contributed by atoms with Crippen molar-refractivity contribution in [2.24, 2.45) is 5.92 Å². The number of urea groups is 1. The number of aryl methyl sites for hydroxylation is 1. The molecule has 134 valence electrons. The number of carbonyl (C=O) groups excluding carboxylic acids is 1. The Morgan fingerprint density at radius 3 is 2.83 bits per heavy atom. The van der Waals surface area contributed by atoms with Crippen LogP contribution < -0.4 is 5.32 Å². The summed E-state index contributed by atoms with van der Waals surface area (Å²) < 4.78 is 0. The zero-order valence-corrected chi connectivity index (χ0v) is 15.5. The van der Waals surface area contributed by atoms with Gasteiger partial charge in [-0.25, -0.2) is 4.79 Å². The van der Waals surface area contributed by atoms with Gasteiger partial charge < -0.3 is 15.1 Å². The molecule has 0 unspecified atom stereocenters. The average molecular weight is 332 g/mol. The molecule has 1 fully saturated rings. The lowest BCUT2D eigenvalue weighted by atomic mass is 10.00. The third kappa shape index (κ3) is 6.52. The van der Waals surface area contributed by atoms with Gasteiger partial charge in [-0.05, 0) is 50.6 Å². The van der Waals surface area contributed by atoms with Crippen LogP contribution in [-0.2, 0) is 6.42 Å². The molecule has 0 aromatic heterocycles. The van der Waals surface area contributed by atoms with E-state index in [2.05, 4.69) is 48.3 Å². The third-order valence-corrected chi connectivity index (χ3v) is 4.79. The predicted octanol–water partition coefficient (Wildman–Crippen LogP) is 3.38. The summed E-state index contributed by atoms with van der Waals surface area (Å²) >= 11 is 0. The van der Waals surface area contributed by atoms with E-state index in [1.54, 1.807) is 4.90 Å². The number of hydrogen-bond acceptors (Lipinski definition) is 2. The van der Waals surface area contributed by atoms with Crippen LogP contribution in [0.15, 0.2) is 30.3 Å². The Bertz CT molecular complexity index is 491. The second kappa shape index (κ2) is 9.67. The molecule has 4 heteroatoms. The Morgan fingerprint density at radius 1 is 1.38 bits per heavy atom. The van der Waals surface area contributed by atoms with Crippen LogP contribution in [0.3, 0.4) is 0 Å². The van der Waals surface area contributed by atoms with Gasteiger partial charge in [0.2, 0.25) is 0 Å². The molecule has 24 heavy (non-hydrogen) atoms. The number of amides is 2. The van der Waals surface area contributed by atoms with Crippen molar-refractivity contribution in [3.63, 3.8) is 0 Å². The largest absolute Gasteiger partial charge is 0.334 e. The van der Waals surface area contributed by atoms with Gasteiger partial charge in [0.15, 0.2) is 0 Å². The van der Waals surface area contributed by atoms with E-state index in [-0.39, 0.29) is 12.1 Å². The maximum atomic E-state index is 12.3. The summed E-state index contributed by atoms with van der Waals surface area (Å²) in [6, 6.07) is 10.7. The van der Waals surface area contributed by atoms with Gasteiger partial charge in [0, 0.05) is 32.7 Å². The van der Waals surface area contributed by atoms with Gasteiger partial charge in [-0.1, -0.05) is 37.3 Å². The minimum Gasteiger partial charge on any atom is -0.334 e. The Hall–Kier alpha value is -1.55. The highest BCUT2D eigenvalue weighted by Crippen LogP contribution is 2.15. The molecule has 0 bridgehead atoms. The second-order valence-corrected chi connectivity index (χ2v) is 7.37. The van der Waals surface area contributed by atoms with E-state index in [9.17, 15) is 4.79 Å². The molecular weight excluding hydrogens is 298 g/mol. The lowest BCUT2D eigenvalue weighted by molar-refractivity contribution is 0.164. The van der Waals surface area contributed by atoms with Crippen molar-refractivity contribution in [1.29, 1.82) is 0 Å². The lowest BCUT2D eigenvalue weighted by Gasteiger charge is -2.33. The highest BCUT2D eigenvalue weighted by atomic mass is 16.2. The van der Waals surface area contributed by atoms with E-state index < -0.39 is 0 Å². The number of nitrogens with zero attached hydrogens (tertiary/aromatic N) is 2. The van der Waals surface area contributed by atoms with Crippen molar-refractivity contribution < 1.29 is 4.79 Å². The summed E-state index contributed by atoms with van der Waals surface area (Å²) in [5.74, 6) is 0.780. The van der Waals surface area contributed by atoms with Gasteiger partial charge in [0.05, 0.1) is 0 Å². The summed E-state index contributed by atoms with van der Waals surface area (Å²) in [4.78, 5) is 16.6. The van der Waals surface area contributed by atoms with E-state index in [0.29, 0.717) is 0 Å². The van der Waals surface area contributed by atoms with Crippen LogP contribution in [0.1, 0.15) is 38.7 Å². The predicted molar refractivity (Wildman–Crippen MR) is 100 cm³/mol. The molecule has 1 aromatic carbocycles. The molecule has 4 nitrogen and oxygen atoms in total. The fraction of sp³-hybridized carbons (Fsp3) is 0.650. The van der Waals surface area contributed by atoms with E-state index in [1.165, 1.54) is 18.4 Å². The smallest absolute Gasteiger partial charge is 0.317 e. The molecule has 1 N–H and O–H groups in total. The van der Waals surface area contributed by atoms with E-state index in [0.717, 1.165) is 44.9 Å². The molecular formula is C20H33N3O. The first-order valence-electron chi connectivity index (χ1n) is 9.32.